The molecule has 3 rings (SSSR count). The van der Waals surface area contributed by atoms with E-state index >= 15 is 0 Å². The molecule has 1 amide bonds. The van der Waals surface area contributed by atoms with Gasteiger partial charge >= 0.3 is 0 Å². The summed E-state index contributed by atoms with van der Waals surface area (Å²) in [6, 6.07) is 7.73. The number of benzene rings is 1. The lowest BCUT2D eigenvalue weighted by Crippen LogP contribution is -2.29. The number of pyridine rings is 1. The lowest BCUT2D eigenvalue weighted by Gasteiger charge is -2.17. The number of hydrogen-bond acceptors (Lipinski definition) is 3. The summed E-state index contributed by atoms with van der Waals surface area (Å²) in [7, 11) is 0. The number of thiocarbonyl (C=S) groups is 1. The van der Waals surface area contributed by atoms with Crippen LogP contribution in [0.1, 0.15) is 21.6 Å². The monoisotopic (exact) mass is 301 g/mol. The van der Waals surface area contributed by atoms with Crippen molar-refractivity contribution in [3.63, 3.8) is 0 Å². The number of nitrogens with zero attached hydrogens (tertiary/aromatic N) is 2. The summed E-state index contributed by atoms with van der Waals surface area (Å²) in [5.41, 5.74) is 7.96. The van der Waals surface area contributed by atoms with Crippen molar-refractivity contribution in [2.45, 2.75) is 6.42 Å². The molecule has 2 heterocycles. The maximum atomic E-state index is 13.4. The van der Waals surface area contributed by atoms with E-state index in [1.54, 1.807) is 23.1 Å². The van der Waals surface area contributed by atoms with E-state index in [0.717, 1.165) is 5.56 Å². The Kier molecular flexibility index (Phi) is 3.39. The molecule has 1 aliphatic heterocycles. The number of nitrogens with two attached hydrogens (primary N) is 1. The minimum Gasteiger partial charge on any atom is -0.389 e. The molecule has 2 aromatic rings. The number of anilines is 1. The third-order valence-corrected chi connectivity index (χ3v) is 3.69. The topological polar surface area (TPSA) is 59.2 Å². The van der Waals surface area contributed by atoms with Gasteiger partial charge < -0.3 is 10.6 Å². The fourth-order valence-corrected chi connectivity index (χ4v) is 2.49. The van der Waals surface area contributed by atoms with Crippen LogP contribution < -0.4 is 10.6 Å². The van der Waals surface area contributed by atoms with Crippen LogP contribution in [-0.4, -0.2) is 22.4 Å². The van der Waals surface area contributed by atoms with Crippen LogP contribution in [0, 0.1) is 5.82 Å². The van der Waals surface area contributed by atoms with Crippen LogP contribution in [-0.2, 0) is 6.42 Å². The Morgan fingerprint density at radius 3 is 2.81 bits per heavy atom. The number of rotatable bonds is 2. The number of carbonyl (C=O) groups is 1. The van der Waals surface area contributed by atoms with Crippen molar-refractivity contribution in [1.82, 2.24) is 4.98 Å². The van der Waals surface area contributed by atoms with Crippen molar-refractivity contribution in [3.05, 3.63) is 59.2 Å². The second-order valence-corrected chi connectivity index (χ2v) is 5.22. The van der Waals surface area contributed by atoms with Gasteiger partial charge in [0.2, 0.25) is 0 Å². The minimum absolute atomic E-state index is 0.232. The zero-order valence-electron chi connectivity index (χ0n) is 11.0. The van der Waals surface area contributed by atoms with Gasteiger partial charge in [0.1, 0.15) is 16.5 Å². The maximum Gasteiger partial charge on any atom is 0.276 e. The summed E-state index contributed by atoms with van der Waals surface area (Å²) in [4.78, 5) is 18.3. The molecular weight excluding hydrogens is 289 g/mol. The highest BCUT2D eigenvalue weighted by atomic mass is 32.1. The second kappa shape index (κ2) is 5.21. The van der Waals surface area contributed by atoms with Crippen LogP contribution in [0.4, 0.5) is 10.1 Å². The Hall–Kier alpha value is -2.34. The second-order valence-electron chi connectivity index (χ2n) is 4.78. The molecule has 0 saturated heterocycles. The van der Waals surface area contributed by atoms with Gasteiger partial charge in [-0.3, -0.25) is 9.78 Å². The number of fused-ring (bicyclic) bond motifs is 1. The van der Waals surface area contributed by atoms with Gasteiger partial charge in [0.25, 0.3) is 5.91 Å². The third-order valence-electron chi connectivity index (χ3n) is 3.46. The number of hydrogen-bond donors (Lipinski definition) is 1. The lowest BCUT2D eigenvalue weighted by molar-refractivity contribution is 0.0984. The van der Waals surface area contributed by atoms with E-state index in [1.165, 1.54) is 18.3 Å². The predicted molar refractivity (Wildman–Crippen MR) is 81.9 cm³/mol. The van der Waals surface area contributed by atoms with Gasteiger partial charge in [-0.15, -0.1) is 0 Å². The number of amides is 1. The first kappa shape index (κ1) is 13.6. The standard InChI is InChI=1S/C15H12FN3OS/c16-11-3-1-9-5-6-19(13(9)7-11)15(20)12-4-2-10(8-18-12)14(17)21/h1-4,7-8H,5-6H2,(H2,17,21). The minimum atomic E-state index is -0.356. The van der Waals surface area contributed by atoms with E-state index in [9.17, 15) is 9.18 Å². The normalized spacial score (nSPS) is 13.1. The lowest BCUT2D eigenvalue weighted by atomic mass is 10.1. The summed E-state index contributed by atoms with van der Waals surface area (Å²) < 4.78 is 13.4. The zero-order valence-corrected chi connectivity index (χ0v) is 11.9. The molecule has 0 saturated carbocycles. The Bertz CT molecular complexity index is 730. The largest absolute Gasteiger partial charge is 0.389 e. The summed E-state index contributed by atoms with van der Waals surface area (Å²) >= 11 is 4.85. The molecule has 0 unspecified atom stereocenters. The quantitative estimate of drug-likeness (QED) is 0.863. The van der Waals surface area contributed by atoms with Crippen molar-refractivity contribution in [3.8, 4) is 0 Å². The first-order valence-corrected chi connectivity index (χ1v) is 6.83. The molecule has 0 spiro atoms. The molecule has 4 nitrogen and oxygen atoms in total. The fourth-order valence-electron chi connectivity index (χ4n) is 2.37. The van der Waals surface area contributed by atoms with Gasteiger partial charge in [0.05, 0.1) is 5.69 Å². The fraction of sp³-hybridized carbons (Fsp3) is 0.133. The Morgan fingerprint density at radius 2 is 2.14 bits per heavy atom. The van der Waals surface area contributed by atoms with Crippen molar-refractivity contribution in [2.24, 2.45) is 5.73 Å². The molecule has 0 bridgehead atoms. The van der Waals surface area contributed by atoms with Crippen molar-refractivity contribution in [1.29, 1.82) is 0 Å². The van der Waals surface area contributed by atoms with Gasteiger partial charge in [0.15, 0.2) is 0 Å². The molecule has 1 aromatic carbocycles. The molecule has 1 aromatic heterocycles. The molecule has 6 heteroatoms. The van der Waals surface area contributed by atoms with Gasteiger partial charge in [0, 0.05) is 18.3 Å². The molecule has 1 aliphatic rings. The number of carbonyl (C=O) groups excluding carboxylic acids is 1. The van der Waals surface area contributed by atoms with E-state index in [1.807, 2.05) is 0 Å². The van der Waals surface area contributed by atoms with Crippen LogP contribution in [0.5, 0.6) is 0 Å². The molecule has 0 fully saturated rings. The van der Waals surface area contributed by atoms with E-state index in [-0.39, 0.29) is 22.4 Å². The summed E-state index contributed by atoms with van der Waals surface area (Å²) in [6.45, 7) is 0.524. The van der Waals surface area contributed by atoms with Crippen LogP contribution in [0.25, 0.3) is 0 Å². The van der Waals surface area contributed by atoms with E-state index in [0.29, 0.717) is 24.2 Å². The maximum absolute atomic E-state index is 13.4. The Balaban J connectivity index is 1.90. The summed E-state index contributed by atoms with van der Waals surface area (Å²) in [5, 5.41) is 0. The van der Waals surface area contributed by atoms with Gasteiger partial charge in [-0.05, 0) is 36.2 Å². The molecular formula is C15H12FN3OS. The molecule has 2 N–H and O–H groups in total. The Labute approximate surface area is 126 Å². The average Bonchev–Trinajstić information content (AvgIpc) is 2.89. The predicted octanol–water partition coefficient (Wildman–Crippen LogP) is 2.06. The van der Waals surface area contributed by atoms with Crippen molar-refractivity contribution >= 4 is 28.8 Å². The zero-order chi connectivity index (χ0) is 15.0. The summed E-state index contributed by atoms with van der Waals surface area (Å²) in [6.07, 6.45) is 2.18. The first-order chi connectivity index (χ1) is 10.1. The smallest absolute Gasteiger partial charge is 0.276 e. The third kappa shape index (κ3) is 2.50. The highest BCUT2D eigenvalue weighted by Gasteiger charge is 2.26. The Morgan fingerprint density at radius 1 is 1.33 bits per heavy atom. The van der Waals surface area contributed by atoms with Gasteiger partial charge in [-0.1, -0.05) is 18.3 Å². The van der Waals surface area contributed by atoms with Crippen molar-refractivity contribution in [2.75, 3.05) is 11.4 Å². The molecule has 21 heavy (non-hydrogen) atoms. The first-order valence-electron chi connectivity index (χ1n) is 6.42. The average molecular weight is 301 g/mol. The molecule has 0 atom stereocenters. The SMILES string of the molecule is NC(=S)c1ccc(C(=O)N2CCc3ccc(F)cc32)nc1. The summed E-state index contributed by atoms with van der Waals surface area (Å²) in [5.74, 6) is -0.612. The number of halogens is 1. The van der Waals surface area contributed by atoms with E-state index in [2.05, 4.69) is 4.98 Å². The van der Waals surface area contributed by atoms with Crippen LogP contribution in [0.3, 0.4) is 0 Å². The highest BCUT2D eigenvalue weighted by Crippen LogP contribution is 2.29. The van der Waals surface area contributed by atoms with Gasteiger partial charge in [-0.2, -0.15) is 0 Å². The van der Waals surface area contributed by atoms with E-state index in [4.69, 9.17) is 18.0 Å². The molecule has 106 valence electrons. The number of aromatic nitrogens is 1. The highest BCUT2D eigenvalue weighted by molar-refractivity contribution is 7.80. The van der Waals surface area contributed by atoms with Crippen LogP contribution in [0.15, 0.2) is 36.5 Å². The van der Waals surface area contributed by atoms with Crippen molar-refractivity contribution < 1.29 is 9.18 Å². The van der Waals surface area contributed by atoms with Crippen LogP contribution in [0.2, 0.25) is 0 Å². The molecule has 0 aliphatic carbocycles. The van der Waals surface area contributed by atoms with Gasteiger partial charge in [-0.25, -0.2) is 4.39 Å². The van der Waals surface area contributed by atoms with Crippen LogP contribution >= 0.6 is 12.2 Å². The molecule has 0 radical (unpaired) electrons. The van der Waals surface area contributed by atoms with E-state index < -0.39 is 0 Å².